The average Bonchev–Trinajstić information content (AvgIpc) is 3.22. The van der Waals surface area contributed by atoms with Crippen LogP contribution >= 0.6 is 11.6 Å². The van der Waals surface area contributed by atoms with E-state index in [4.69, 9.17) is 11.6 Å². The van der Waals surface area contributed by atoms with Crippen LogP contribution in [0.15, 0.2) is 42.5 Å². The maximum atomic E-state index is 13.5. The molecule has 0 aliphatic carbocycles. The molecule has 1 fully saturated rings. The Balaban J connectivity index is 1.82. The molecule has 1 heterocycles. The molecule has 162 valence electrons. The second-order valence-electron chi connectivity index (χ2n) is 7.31. The number of hydrogen-bond acceptors (Lipinski definition) is 4. The van der Waals surface area contributed by atoms with Gasteiger partial charge in [0, 0.05) is 24.5 Å². The highest BCUT2D eigenvalue weighted by Crippen LogP contribution is 2.28. The maximum Gasteiger partial charge on any atom is 0.248 e. The number of benzene rings is 2. The van der Waals surface area contributed by atoms with Crippen molar-refractivity contribution in [1.29, 1.82) is 0 Å². The first-order valence-electron chi connectivity index (χ1n) is 9.81. The molecule has 0 bridgehead atoms. The van der Waals surface area contributed by atoms with Crippen molar-refractivity contribution in [3.05, 3.63) is 53.3 Å². The highest BCUT2D eigenvalue weighted by Gasteiger charge is 2.32. The van der Waals surface area contributed by atoms with Gasteiger partial charge in [0.1, 0.15) is 11.9 Å². The summed E-state index contributed by atoms with van der Waals surface area (Å²) in [7, 11) is -3.83. The summed E-state index contributed by atoms with van der Waals surface area (Å²) in [5.41, 5.74) is 1.80. The van der Waals surface area contributed by atoms with Gasteiger partial charge in [-0.05, 0) is 61.7 Å². The van der Waals surface area contributed by atoms with Gasteiger partial charge >= 0.3 is 0 Å². The molecule has 2 aromatic carbocycles. The van der Waals surface area contributed by atoms with E-state index in [0.29, 0.717) is 5.69 Å². The third kappa shape index (κ3) is 5.05. The van der Waals surface area contributed by atoms with Gasteiger partial charge in [-0.2, -0.15) is 0 Å². The number of carbonyl (C=O) groups is 1. The average molecular weight is 454 g/mol. The van der Waals surface area contributed by atoms with Gasteiger partial charge in [-0.15, -0.1) is 0 Å². The zero-order chi connectivity index (χ0) is 21.9. The summed E-state index contributed by atoms with van der Waals surface area (Å²) in [5, 5.41) is 2.57. The Kier molecular flexibility index (Phi) is 6.88. The minimum Gasteiger partial charge on any atom is -0.372 e. The molecule has 3 rings (SSSR count). The van der Waals surface area contributed by atoms with Gasteiger partial charge in [0.2, 0.25) is 15.9 Å². The van der Waals surface area contributed by atoms with Crippen molar-refractivity contribution < 1.29 is 17.6 Å². The summed E-state index contributed by atoms with van der Waals surface area (Å²) >= 11 is 5.83. The second-order valence-corrected chi connectivity index (χ2v) is 9.58. The lowest BCUT2D eigenvalue weighted by atomic mass is 10.1. The fourth-order valence-electron chi connectivity index (χ4n) is 3.64. The van der Waals surface area contributed by atoms with Crippen LogP contribution in [-0.4, -0.2) is 39.7 Å². The second kappa shape index (κ2) is 9.22. The summed E-state index contributed by atoms with van der Waals surface area (Å²) in [6.45, 7) is 3.75. The molecule has 1 aliphatic rings. The van der Waals surface area contributed by atoms with Gasteiger partial charge in [-0.3, -0.25) is 9.10 Å². The van der Waals surface area contributed by atoms with Gasteiger partial charge in [0.15, 0.2) is 0 Å². The highest BCUT2D eigenvalue weighted by molar-refractivity contribution is 7.92. The van der Waals surface area contributed by atoms with E-state index in [1.165, 1.54) is 25.0 Å². The Labute approximate surface area is 181 Å². The van der Waals surface area contributed by atoms with Crippen LogP contribution in [0.2, 0.25) is 5.02 Å². The van der Waals surface area contributed by atoms with Crippen molar-refractivity contribution >= 4 is 44.6 Å². The highest BCUT2D eigenvalue weighted by atomic mass is 35.5. The van der Waals surface area contributed by atoms with Crippen molar-refractivity contribution in [3.63, 3.8) is 0 Å². The van der Waals surface area contributed by atoms with E-state index in [-0.39, 0.29) is 17.1 Å². The molecule has 0 spiro atoms. The monoisotopic (exact) mass is 453 g/mol. The topological polar surface area (TPSA) is 69.7 Å². The maximum absolute atomic E-state index is 13.5. The molecule has 6 nitrogen and oxygen atoms in total. The minimum absolute atomic E-state index is 0.135. The van der Waals surface area contributed by atoms with E-state index in [1.807, 2.05) is 12.1 Å². The van der Waals surface area contributed by atoms with Gasteiger partial charge in [-0.25, -0.2) is 12.8 Å². The zero-order valence-corrected chi connectivity index (χ0v) is 18.5. The van der Waals surface area contributed by atoms with Gasteiger partial charge in [-0.1, -0.05) is 18.5 Å². The number of rotatable bonds is 7. The predicted octanol–water partition coefficient (Wildman–Crippen LogP) is 4.26. The Bertz CT molecular complexity index is 1010. The van der Waals surface area contributed by atoms with Crippen LogP contribution in [-0.2, 0) is 14.8 Å². The van der Waals surface area contributed by atoms with Crippen LogP contribution in [0.5, 0.6) is 0 Å². The van der Waals surface area contributed by atoms with Crippen LogP contribution in [0.4, 0.5) is 21.5 Å². The molecule has 0 unspecified atom stereocenters. The van der Waals surface area contributed by atoms with Crippen LogP contribution in [0.25, 0.3) is 0 Å². The first-order chi connectivity index (χ1) is 14.2. The molecule has 30 heavy (non-hydrogen) atoms. The predicted molar refractivity (Wildman–Crippen MR) is 119 cm³/mol. The summed E-state index contributed by atoms with van der Waals surface area (Å²) in [6.07, 6.45) is 3.57. The molecule has 1 N–H and O–H groups in total. The van der Waals surface area contributed by atoms with E-state index >= 15 is 0 Å². The smallest absolute Gasteiger partial charge is 0.248 e. The molecule has 0 saturated carbocycles. The van der Waals surface area contributed by atoms with E-state index in [1.54, 1.807) is 19.1 Å². The largest absolute Gasteiger partial charge is 0.372 e. The molecule has 2 aromatic rings. The van der Waals surface area contributed by atoms with Crippen LogP contribution < -0.4 is 14.5 Å². The number of nitrogens with one attached hydrogen (secondary N) is 1. The molecule has 0 aromatic heterocycles. The quantitative estimate of drug-likeness (QED) is 0.680. The lowest BCUT2D eigenvalue weighted by Crippen LogP contribution is -2.47. The third-order valence-electron chi connectivity index (χ3n) is 5.09. The van der Waals surface area contributed by atoms with Crippen molar-refractivity contribution in [2.45, 2.75) is 32.2 Å². The van der Waals surface area contributed by atoms with Crippen molar-refractivity contribution in [3.8, 4) is 0 Å². The molecule has 9 heteroatoms. The van der Waals surface area contributed by atoms with Crippen molar-refractivity contribution in [2.24, 2.45) is 0 Å². The Morgan fingerprint density at radius 1 is 1.20 bits per heavy atom. The molecule has 1 amide bonds. The van der Waals surface area contributed by atoms with Crippen molar-refractivity contribution in [2.75, 3.05) is 33.9 Å². The van der Waals surface area contributed by atoms with Crippen LogP contribution in [0.3, 0.4) is 0 Å². The summed E-state index contributed by atoms with van der Waals surface area (Å²) in [4.78, 5) is 15.2. The normalized spacial score (nSPS) is 15.1. The van der Waals surface area contributed by atoms with E-state index in [9.17, 15) is 17.6 Å². The number of halogens is 2. The number of anilines is 3. The van der Waals surface area contributed by atoms with Gasteiger partial charge in [0.25, 0.3) is 0 Å². The fourth-order valence-corrected chi connectivity index (χ4v) is 5.02. The number of amides is 1. The number of carbonyl (C=O) groups excluding carboxylic acids is 1. The molecular weight excluding hydrogens is 429 g/mol. The number of nitrogens with zero attached hydrogens (tertiary/aromatic N) is 2. The number of sulfonamides is 1. The first-order valence-corrected chi connectivity index (χ1v) is 12.0. The lowest BCUT2D eigenvalue weighted by Gasteiger charge is -2.30. The Hall–Kier alpha value is -2.32. The Morgan fingerprint density at radius 3 is 2.37 bits per heavy atom. The zero-order valence-electron chi connectivity index (χ0n) is 16.9. The van der Waals surface area contributed by atoms with Gasteiger partial charge < -0.3 is 10.2 Å². The fraction of sp³-hybridized carbons (Fsp3) is 0.381. The van der Waals surface area contributed by atoms with Gasteiger partial charge in [0.05, 0.1) is 17.0 Å². The van der Waals surface area contributed by atoms with Crippen LogP contribution in [0, 0.1) is 5.82 Å². The minimum atomic E-state index is -3.83. The summed E-state index contributed by atoms with van der Waals surface area (Å²) < 4.78 is 39.5. The van der Waals surface area contributed by atoms with E-state index in [2.05, 4.69) is 10.2 Å². The SMILES string of the molecule is CC[C@@H](C(=O)Nc1ccc(N2CCCC2)cc1)N(c1ccc(F)c(Cl)c1)S(C)(=O)=O. The summed E-state index contributed by atoms with van der Waals surface area (Å²) in [5.74, 6) is -1.14. The molecular formula is C21H25ClFN3O3S. The molecule has 1 saturated heterocycles. The number of hydrogen-bond donors (Lipinski definition) is 1. The van der Waals surface area contributed by atoms with E-state index < -0.39 is 27.8 Å². The third-order valence-corrected chi connectivity index (χ3v) is 6.56. The lowest BCUT2D eigenvalue weighted by molar-refractivity contribution is -0.117. The molecule has 1 aliphatic heterocycles. The van der Waals surface area contributed by atoms with E-state index in [0.717, 1.165) is 35.4 Å². The standard InChI is InChI=1S/C21H25ClFN3O3S/c1-3-20(26(30(2,28)29)17-10-11-19(23)18(22)14-17)21(27)24-15-6-8-16(9-7-15)25-12-4-5-13-25/h6-11,14,20H,3-5,12-13H2,1-2H3,(H,24,27)/t20-/m0/s1. The Morgan fingerprint density at radius 2 is 1.83 bits per heavy atom. The molecule has 0 radical (unpaired) electrons. The molecule has 1 atom stereocenters. The van der Waals surface area contributed by atoms with Crippen molar-refractivity contribution in [1.82, 2.24) is 0 Å². The van der Waals surface area contributed by atoms with Crippen LogP contribution in [0.1, 0.15) is 26.2 Å². The summed E-state index contributed by atoms with van der Waals surface area (Å²) in [6, 6.07) is 10.1. The first kappa shape index (κ1) is 22.4.